The van der Waals surface area contributed by atoms with Gasteiger partial charge in [-0.3, -0.25) is 4.79 Å². The van der Waals surface area contributed by atoms with Gasteiger partial charge >= 0.3 is 5.97 Å². The third-order valence-electron chi connectivity index (χ3n) is 6.51. The predicted octanol–water partition coefficient (Wildman–Crippen LogP) is 2.82. The van der Waals surface area contributed by atoms with Gasteiger partial charge in [0, 0.05) is 5.92 Å². The van der Waals surface area contributed by atoms with Crippen LogP contribution in [-0.4, -0.2) is 22.5 Å². The van der Waals surface area contributed by atoms with Gasteiger partial charge in [-0.25, -0.2) is 4.79 Å². The van der Waals surface area contributed by atoms with Crippen LogP contribution in [0.2, 0.25) is 0 Å². The number of aliphatic carboxylic acids is 1. The van der Waals surface area contributed by atoms with E-state index in [1.807, 2.05) is 13.8 Å². The van der Waals surface area contributed by atoms with Crippen LogP contribution >= 0.6 is 0 Å². The minimum atomic E-state index is -1.08. The molecular weight excluding hydrogens is 266 g/mol. The summed E-state index contributed by atoms with van der Waals surface area (Å²) in [5, 5.41) is 12.4. The molecule has 4 fully saturated rings. The summed E-state index contributed by atoms with van der Waals surface area (Å²) in [4.78, 5) is 24.4. The third-order valence-corrected chi connectivity index (χ3v) is 6.51. The second-order valence-corrected chi connectivity index (χ2v) is 7.54. The van der Waals surface area contributed by atoms with Gasteiger partial charge in [-0.1, -0.05) is 13.8 Å². The Labute approximate surface area is 126 Å². The minimum absolute atomic E-state index is 0.00917. The number of nitrogens with one attached hydrogen (secondary N) is 1. The average molecular weight is 293 g/mol. The van der Waals surface area contributed by atoms with Crippen LogP contribution in [0.1, 0.15) is 58.8 Å². The van der Waals surface area contributed by atoms with Gasteiger partial charge in [0.1, 0.15) is 5.54 Å². The van der Waals surface area contributed by atoms with Gasteiger partial charge in [0.05, 0.1) is 0 Å². The predicted molar refractivity (Wildman–Crippen MR) is 79.6 cm³/mol. The molecule has 1 amide bonds. The van der Waals surface area contributed by atoms with Crippen molar-refractivity contribution in [1.29, 1.82) is 0 Å². The molecule has 4 nitrogen and oxygen atoms in total. The van der Waals surface area contributed by atoms with E-state index in [0.29, 0.717) is 24.7 Å². The Kier molecular flexibility index (Phi) is 3.74. The quantitative estimate of drug-likeness (QED) is 0.819. The molecule has 2 N–H and O–H groups in total. The lowest BCUT2D eigenvalue weighted by Gasteiger charge is -2.54. The van der Waals surface area contributed by atoms with Crippen LogP contribution < -0.4 is 5.32 Å². The Balaban J connectivity index is 1.75. The summed E-state index contributed by atoms with van der Waals surface area (Å²) in [6.07, 6.45) is 6.99. The fourth-order valence-corrected chi connectivity index (χ4v) is 5.46. The number of rotatable bonds is 5. The maximum Gasteiger partial charge on any atom is 0.329 e. The molecule has 0 aliphatic heterocycles. The zero-order valence-electron chi connectivity index (χ0n) is 13.1. The second-order valence-electron chi connectivity index (χ2n) is 7.54. The highest BCUT2D eigenvalue weighted by Crippen LogP contribution is 2.56. The SMILES string of the molecule is CCC(CC)(NC(=O)C1C2CC3CC(C2)CC1C3)C(=O)O. The molecule has 0 radical (unpaired) electrons. The van der Waals surface area contributed by atoms with Crippen LogP contribution in [-0.2, 0) is 9.59 Å². The van der Waals surface area contributed by atoms with Gasteiger partial charge in [-0.15, -0.1) is 0 Å². The number of hydrogen-bond acceptors (Lipinski definition) is 2. The van der Waals surface area contributed by atoms with E-state index in [9.17, 15) is 14.7 Å². The fourth-order valence-electron chi connectivity index (χ4n) is 5.46. The number of carbonyl (C=O) groups is 2. The number of carboxylic acid groups (broad SMARTS) is 1. The molecular formula is C17H27NO3. The molecule has 4 saturated carbocycles. The number of amides is 1. The summed E-state index contributed by atoms with van der Waals surface area (Å²) >= 11 is 0. The topological polar surface area (TPSA) is 66.4 Å². The largest absolute Gasteiger partial charge is 0.480 e. The maximum atomic E-state index is 12.8. The standard InChI is InChI=1S/C17H27NO3/c1-3-17(4-2,16(20)21)18-15(19)14-12-6-10-5-11(8-12)9-13(14)7-10/h10-14H,3-9H2,1-2H3,(H,18,19)(H,20,21). The molecule has 0 spiro atoms. The van der Waals surface area contributed by atoms with Crippen molar-refractivity contribution in [3.8, 4) is 0 Å². The molecule has 0 aromatic heterocycles. The Hall–Kier alpha value is -1.06. The first-order chi connectivity index (χ1) is 9.99. The second kappa shape index (κ2) is 5.29. The highest BCUT2D eigenvalue weighted by Gasteiger charge is 2.52. The lowest BCUT2D eigenvalue weighted by molar-refractivity contribution is -0.152. The third kappa shape index (κ3) is 2.36. The molecule has 0 unspecified atom stereocenters. The Morgan fingerprint density at radius 2 is 1.48 bits per heavy atom. The Morgan fingerprint density at radius 3 is 1.86 bits per heavy atom. The molecule has 0 saturated heterocycles. The normalized spacial score (nSPS) is 37.5. The van der Waals surface area contributed by atoms with Crippen molar-refractivity contribution in [3.05, 3.63) is 0 Å². The zero-order chi connectivity index (χ0) is 15.2. The molecule has 118 valence electrons. The smallest absolute Gasteiger partial charge is 0.329 e. The van der Waals surface area contributed by atoms with Crippen molar-refractivity contribution in [2.24, 2.45) is 29.6 Å². The molecule has 0 aromatic carbocycles. The number of carboxylic acids is 1. The molecule has 0 aromatic rings. The maximum absolute atomic E-state index is 12.8. The van der Waals surface area contributed by atoms with Crippen molar-refractivity contribution < 1.29 is 14.7 Å². The van der Waals surface area contributed by atoms with E-state index in [-0.39, 0.29) is 11.8 Å². The summed E-state index contributed by atoms with van der Waals surface area (Å²) in [5.74, 6) is 1.84. The molecule has 4 heteroatoms. The molecule has 4 rings (SSSR count). The van der Waals surface area contributed by atoms with Crippen LogP contribution in [0.15, 0.2) is 0 Å². The minimum Gasteiger partial charge on any atom is -0.480 e. The molecule has 4 bridgehead atoms. The summed E-state index contributed by atoms with van der Waals surface area (Å²) < 4.78 is 0. The van der Waals surface area contributed by atoms with Crippen molar-refractivity contribution in [2.45, 2.75) is 64.3 Å². The monoisotopic (exact) mass is 293 g/mol. The lowest BCUT2D eigenvalue weighted by atomic mass is 9.51. The highest BCUT2D eigenvalue weighted by molar-refractivity contribution is 5.88. The van der Waals surface area contributed by atoms with E-state index >= 15 is 0 Å². The zero-order valence-corrected chi connectivity index (χ0v) is 13.1. The van der Waals surface area contributed by atoms with Crippen molar-refractivity contribution >= 4 is 11.9 Å². The lowest BCUT2D eigenvalue weighted by Crippen LogP contribution is -2.59. The van der Waals surface area contributed by atoms with E-state index in [2.05, 4.69) is 5.32 Å². The number of carbonyl (C=O) groups excluding carboxylic acids is 1. The molecule has 0 heterocycles. The van der Waals surface area contributed by atoms with Gasteiger partial charge in [0.15, 0.2) is 0 Å². The van der Waals surface area contributed by atoms with E-state index < -0.39 is 11.5 Å². The Bertz CT molecular complexity index is 413. The number of hydrogen-bond donors (Lipinski definition) is 2. The van der Waals surface area contributed by atoms with Crippen molar-refractivity contribution in [1.82, 2.24) is 5.32 Å². The van der Waals surface area contributed by atoms with Gasteiger partial charge < -0.3 is 10.4 Å². The van der Waals surface area contributed by atoms with Crippen LogP contribution in [0, 0.1) is 29.6 Å². The highest BCUT2D eigenvalue weighted by atomic mass is 16.4. The van der Waals surface area contributed by atoms with Gasteiger partial charge in [-0.2, -0.15) is 0 Å². The van der Waals surface area contributed by atoms with E-state index in [1.54, 1.807) is 0 Å². The Morgan fingerprint density at radius 1 is 1.00 bits per heavy atom. The van der Waals surface area contributed by atoms with Crippen LogP contribution in [0.5, 0.6) is 0 Å². The first-order valence-corrected chi connectivity index (χ1v) is 8.54. The summed E-state index contributed by atoms with van der Waals surface area (Å²) in [5.41, 5.74) is -1.08. The molecule has 4 aliphatic rings. The van der Waals surface area contributed by atoms with Crippen molar-refractivity contribution in [2.75, 3.05) is 0 Å². The summed E-state index contributed by atoms with van der Waals surface area (Å²) in [6.45, 7) is 3.68. The van der Waals surface area contributed by atoms with Crippen LogP contribution in [0.4, 0.5) is 0 Å². The van der Waals surface area contributed by atoms with E-state index in [1.165, 1.54) is 32.1 Å². The summed E-state index contributed by atoms with van der Waals surface area (Å²) in [7, 11) is 0. The summed E-state index contributed by atoms with van der Waals surface area (Å²) in [6, 6.07) is 0. The molecule has 0 atom stereocenters. The molecule has 4 aliphatic carbocycles. The fraction of sp³-hybridized carbons (Fsp3) is 0.882. The van der Waals surface area contributed by atoms with E-state index in [0.717, 1.165) is 11.8 Å². The first kappa shape index (κ1) is 14.9. The average Bonchev–Trinajstić information content (AvgIpc) is 2.43. The van der Waals surface area contributed by atoms with Gasteiger partial charge in [0.25, 0.3) is 0 Å². The van der Waals surface area contributed by atoms with Crippen LogP contribution in [0.25, 0.3) is 0 Å². The van der Waals surface area contributed by atoms with Crippen LogP contribution in [0.3, 0.4) is 0 Å². The van der Waals surface area contributed by atoms with Crippen molar-refractivity contribution in [3.63, 3.8) is 0 Å². The first-order valence-electron chi connectivity index (χ1n) is 8.54. The molecule has 21 heavy (non-hydrogen) atoms. The van der Waals surface area contributed by atoms with E-state index in [4.69, 9.17) is 0 Å². The van der Waals surface area contributed by atoms with Gasteiger partial charge in [0.2, 0.25) is 5.91 Å². The van der Waals surface area contributed by atoms with Gasteiger partial charge in [-0.05, 0) is 68.6 Å².